The highest BCUT2D eigenvalue weighted by Crippen LogP contribution is 2.25. The topological polar surface area (TPSA) is 122 Å². The number of rotatable bonds is 4. The molecule has 1 fully saturated rings. The molecule has 0 atom stereocenters. The molecule has 9 nitrogen and oxygen atoms in total. The van der Waals surface area contributed by atoms with E-state index in [1.807, 2.05) is 19.1 Å². The number of aromatic nitrogens is 4. The number of nitrogens with zero attached hydrogens (tertiary/aromatic N) is 4. The van der Waals surface area contributed by atoms with Crippen LogP contribution in [0.3, 0.4) is 0 Å². The van der Waals surface area contributed by atoms with Gasteiger partial charge in [-0.05, 0) is 60.7 Å². The number of tetrazole rings is 1. The number of urea groups is 1. The van der Waals surface area contributed by atoms with Crippen molar-refractivity contribution in [2.75, 3.05) is 5.32 Å². The molecule has 9 heteroatoms. The van der Waals surface area contributed by atoms with Crippen molar-refractivity contribution in [1.29, 1.82) is 0 Å². The lowest BCUT2D eigenvalue weighted by atomic mass is 9.86. The molecule has 0 saturated heterocycles. The first-order valence-electron chi connectivity index (χ1n) is 8.17. The van der Waals surface area contributed by atoms with Crippen LogP contribution in [-0.2, 0) is 4.79 Å². The normalized spacial score (nSPS) is 20.0. The third kappa shape index (κ3) is 4.11. The first-order valence-corrected chi connectivity index (χ1v) is 8.17. The van der Waals surface area contributed by atoms with Crippen molar-refractivity contribution < 1.29 is 14.7 Å². The molecular weight excluding hydrogens is 324 g/mol. The molecule has 0 spiro atoms. The van der Waals surface area contributed by atoms with Gasteiger partial charge in [0.15, 0.2) is 0 Å². The Labute approximate surface area is 144 Å². The number of carbonyl (C=O) groups excluding carboxylic acids is 1. The molecule has 132 valence electrons. The van der Waals surface area contributed by atoms with Gasteiger partial charge in [0.05, 0.1) is 11.6 Å². The molecule has 3 rings (SSSR count). The highest BCUT2D eigenvalue weighted by Gasteiger charge is 2.26. The SMILES string of the molecule is Cc1ccc(-n2cnnn2)cc1NC(=O)NC1CCC(C(=O)O)CC1. The van der Waals surface area contributed by atoms with Crippen LogP contribution in [0.5, 0.6) is 0 Å². The standard InChI is InChI=1S/C16H20N6O3/c1-10-2-7-13(22-9-17-20-21-22)8-14(10)19-16(25)18-12-5-3-11(4-6-12)15(23)24/h2,7-9,11-12H,3-6H2,1H3,(H,23,24)(H2,18,19,25). The molecule has 25 heavy (non-hydrogen) atoms. The number of anilines is 1. The van der Waals surface area contributed by atoms with E-state index in [1.54, 1.807) is 6.07 Å². The third-order valence-corrected chi connectivity index (χ3v) is 4.49. The summed E-state index contributed by atoms with van der Waals surface area (Å²) in [6.45, 7) is 1.90. The molecule has 2 amide bonds. The molecule has 1 aliphatic rings. The van der Waals surface area contributed by atoms with Crippen molar-refractivity contribution in [3.05, 3.63) is 30.1 Å². The zero-order chi connectivity index (χ0) is 17.8. The summed E-state index contributed by atoms with van der Waals surface area (Å²) in [5.41, 5.74) is 2.33. The van der Waals surface area contributed by atoms with Gasteiger partial charge in [0.25, 0.3) is 0 Å². The number of aliphatic carboxylic acids is 1. The summed E-state index contributed by atoms with van der Waals surface area (Å²) in [6, 6.07) is 5.24. The van der Waals surface area contributed by atoms with E-state index in [-0.39, 0.29) is 18.0 Å². The molecule has 3 N–H and O–H groups in total. The van der Waals surface area contributed by atoms with Crippen LogP contribution in [0, 0.1) is 12.8 Å². The van der Waals surface area contributed by atoms with Gasteiger partial charge in [-0.25, -0.2) is 9.48 Å². The fourth-order valence-electron chi connectivity index (χ4n) is 3.00. The van der Waals surface area contributed by atoms with E-state index >= 15 is 0 Å². The van der Waals surface area contributed by atoms with Crippen LogP contribution >= 0.6 is 0 Å². The quantitative estimate of drug-likeness (QED) is 0.776. The van der Waals surface area contributed by atoms with E-state index in [1.165, 1.54) is 11.0 Å². The van der Waals surface area contributed by atoms with Crippen molar-refractivity contribution in [2.45, 2.75) is 38.6 Å². The first-order chi connectivity index (χ1) is 12.0. The number of carboxylic acid groups (broad SMARTS) is 1. The van der Waals surface area contributed by atoms with Gasteiger partial charge in [0.1, 0.15) is 6.33 Å². The number of hydrogen-bond acceptors (Lipinski definition) is 5. The van der Waals surface area contributed by atoms with Gasteiger partial charge in [0, 0.05) is 11.7 Å². The number of aryl methyl sites for hydroxylation is 1. The van der Waals surface area contributed by atoms with Crippen LogP contribution < -0.4 is 10.6 Å². The number of carboxylic acids is 1. The van der Waals surface area contributed by atoms with Crippen LogP contribution in [0.15, 0.2) is 24.5 Å². The summed E-state index contributed by atoms with van der Waals surface area (Å²) >= 11 is 0. The molecule has 1 aromatic carbocycles. The van der Waals surface area contributed by atoms with E-state index in [0.717, 1.165) is 11.3 Å². The fourth-order valence-corrected chi connectivity index (χ4v) is 3.00. The van der Waals surface area contributed by atoms with Crippen molar-refractivity contribution in [2.24, 2.45) is 5.92 Å². The Balaban J connectivity index is 1.60. The zero-order valence-corrected chi connectivity index (χ0v) is 13.8. The summed E-state index contributed by atoms with van der Waals surface area (Å²) in [5.74, 6) is -1.05. The van der Waals surface area contributed by atoms with Crippen molar-refractivity contribution in [3.63, 3.8) is 0 Å². The second kappa shape index (κ2) is 7.29. The first kappa shape index (κ1) is 16.9. The predicted molar refractivity (Wildman–Crippen MR) is 89.4 cm³/mol. The monoisotopic (exact) mass is 344 g/mol. The van der Waals surface area contributed by atoms with Crippen molar-refractivity contribution >= 4 is 17.7 Å². The van der Waals surface area contributed by atoms with Gasteiger partial charge in [0.2, 0.25) is 0 Å². The lowest BCUT2D eigenvalue weighted by molar-refractivity contribution is -0.142. The van der Waals surface area contributed by atoms with E-state index in [9.17, 15) is 9.59 Å². The Morgan fingerprint density at radius 1 is 1.24 bits per heavy atom. The molecule has 1 saturated carbocycles. The molecule has 1 aliphatic carbocycles. The number of nitrogens with one attached hydrogen (secondary N) is 2. The maximum Gasteiger partial charge on any atom is 0.319 e. The van der Waals surface area contributed by atoms with Gasteiger partial charge >= 0.3 is 12.0 Å². The Morgan fingerprint density at radius 2 is 2.00 bits per heavy atom. The van der Waals surface area contributed by atoms with Crippen molar-refractivity contribution in [1.82, 2.24) is 25.5 Å². The average Bonchev–Trinajstić information content (AvgIpc) is 3.12. The fraction of sp³-hybridized carbons (Fsp3) is 0.438. The van der Waals surface area contributed by atoms with Gasteiger partial charge in [-0.15, -0.1) is 5.10 Å². The lowest BCUT2D eigenvalue weighted by Gasteiger charge is -2.27. The highest BCUT2D eigenvalue weighted by atomic mass is 16.4. The molecule has 2 aromatic rings. The summed E-state index contributed by atoms with van der Waals surface area (Å²) < 4.78 is 1.51. The van der Waals surface area contributed by atoms with E-state index in [4.69, 9.17) is 5.11 Å². The smallest absolute Gasteiger partial charge is 0.319 e. The van der Waals surface area contributed by atoms with Crippen LogP contribution in [0.2, 0.25) is 0 Å². The van der Waals surface area contributed by atoms with Gasteiger partial charge < -0.3 is 15.7 Å². The zero-order valence-electron chi connectivity index (χ0n) is 13.8. The number of carbonyl (C=O) groups is 2. The van der Waals surface area contributed by atoms with E-state index < -0.39 is 5.97 Å². The Kier molecular flexibility index (Phi) is 4.92. The van der Waals surface area contributed by atoms with Gasteiger partial charge in [-0.2, -0.15) is 0 Å². The molecule has 0 radical (unpaired) electrons. The number of hydrogen-bond donors (Lipinski definition) is 3. The average molecular weight is 344 g/mol. The summed E-state index contributed by atoms with van der Waals surface area (Å²) in [6.07, 6.45) is 4.01. The third-order valence-electron chi connectivity index (χ3n) is 4.49. The summed E-state index contributed by atoms with van der Waals surface area (Å²) in [7, 11) is 0. The Morgan fingerprint density at radius 3 is 2.64 bits per heavy atom. The van der Waals surface area contributed by atoms with Gasteiger partial charge in [-0.1, -0.05) is 6.07 Å². The Hall–Kier alpha value is -2.97. The minimum absolute atomic E-state index is 0.00129. The lowest BCUT2D eigenvalue weighted by Crippen LogP contribution is -2.41. The summed E-state index contributed by atoms with van der Waals surface area (Å²) in [5, 5.41) is 25.8. The Bertz CT molecular complexity index is 753. The van der Waals surface area contributed by atoms with Crippen molar-refractivity contribution in [3.8, 4) is 5.69 Å². The second-order valence-corrected chi connectivity index (χ2v) is 6.24. The van der Waals surface area contributed by atoms with E-state index in [2.05, 4.69) is 26.2 Å². The van der Waals surface area contributed by atoms with Crippen LogP contribution in [0.25, 0.3) is 5.69 Å². The van der Waals surface area contributed by atoms with Gasteiger partial charge in [-0.3, -0.25) is 4.79 Å². The minimum Gasteiger partial charge on any atom is -0.481 e. The second-order valence-electron chi connectivity index (χ2n) is 6.24. The molecule has 0 bridgehead atoms. The minimum atomic E-state index is -0.752. The molecule has 1 heterocycles. The molecule has 0 aliphatic heterocycles. The van der Waals surface area contributed by atoms with E-state index in [0.29, 0.717) is 31.4 Å². The predicted octanol–water partition coefficient (Wildman–Crippen LogP) is 1.74. The molecule has 0 unspecified atom stereocenters. The molecular formula is C16H20N6O3. The largest absolute Gasteiger partial charge is 0.481 e. The molecule has 1 aromatic heterocycles. The number of benzene rings is 1. The highest BCUT2D eigenvalue weighted by molar-refractivity contribution is 5.90. The maximum absolute atomic E-state index is 12.3. The maximum atomic E-state index is 12.3. The van der Waals surface area contributed by atoms with Crippen LogP contribution in [0.1, 0.15) is 31.2 Å². The van der Waals surface area contributed by atoms with Crippen LogP contribution in [0.4, 0.5) is 10.5 Å². The van der Waals surface area contributed by atoms with Crippen LogP contribution in [-0.4, -0.2) is 43.4 Å². The summed E-state index contributed by atoms with van der Waals surface area (Å²) in [4.78, 5) is 23.2. The number of amides is 2.